The third-order valence-corrected chi connectivity index (χ3v) is 4.01. The summed E-state index contributed by atoms with van der Waals surface area (Å²) in [6, 6.07) is -0.620. The quantitative estimate of drug-likeness (QED) is 0.574. The number of nitrogens with zero attached hydrogens (tertiary/aromatic N) is 1. The van der Waals surface area contributed by atoms with Gasteiger partial charge in [-0.1, -0.05) is 6.92 Å². The molecular weight excluding hydrogens is 276 g/mol. The van der Waals surface area contributed by atoms with E-state index in [1.165, 1.54) is 14.0 Å². The van der Waals surface area contributed by atoms with E-state index in [9.17, 15) is 18.0 Å². The molecule has 0 aromatic carbocycles. The first-order chi connectivity index (χ1) is 8.82. The lowest BCUT2D eigenvalue weighted by molar-refractivity contribution is -0.137. The summed E-state index contributed by atoms with van der Waals surface area (Å²) in [6.45, 7) is 1.34. The van der Waals surface area contributed by atoms with Crippen LogP contribution in [0.15, 0.2) is 0 Å². The van der Waals surface area contributed by atoms with Crippen LogP contribution in [0, 0.1) is 0 Å². The molecule has 2 amide bonds. The van der Waals surface area contributed by atoms with Gasteiger partial charge in [-0.25, -0.2) is 13.2 Å². The van der Waals surface area contributed by atoms with Crippen LogP contribution in [0.1, 0.15) is 6.92 Å². The maximum atomic E-state index is 11.7. The van der Waals surface area contributed by atoms with Crippen molar-refractivity contribution in [2.45, 2.75) is 6.92 Å². The van der Waals surface area contributed by atoms with Crippen molar-refractivity contribution in [3.63, 3.8) is 0 Å². The van der Waals surface area contributed by atoms with Gasteiger partial charge in [0.1, 0.15) is 6.54 Å². The Balaban J connectivity index is 4.27. The number of nitrogens with one attached hydrogen (secondary N) is 1. The Morgan fingerprint density at radius 3 is 2.47 bits per heavy atom. The van der Waals surface area contributed by atoms with E-state index in [4.69, 9.17) is 9.84 Å². The fourth-order valence-corrected chi connectivity index (χ4v) is 1.89. The standard InChI is InChI=1S/C10H20N2O6S/c1-3-19(16,17)7-4-11-10(15)12(5-6-18-2)8-9(13)14/h3-8H2,1-2H3,(H,11,15)(H,13,14). The summed E-state index contributed by atoms with van der Waals surface area (Å²) in [5.41, 5.74) is 0. The Morgan fingerprint density at radius 2 is 2.00 bits per heavy atom. The molecule has 2 N–H and O–H groups in total. The van der Waals surface area contributed by atoms with E-state index in [1.54, 1.807) is 0 Å². The average Bonchev–Trinajstić information content (AvgIpc) is 2.33. The predicted molar refractivity (Wildman–Crippen MR) is 68.8 cm³/mol. The molecule has 0 radical (unpaired) electrons. The summed E-state index contributed by atoms with van der Waals surface area (Å²) in [4.78, 5) is 23.3. The highest BCUT2D eigenvalue weighted by Gasteiger charge is 2.16. The van der Waals surface area contributed by atoms with Crippen molar-refractivity contribution in [3.8, 4) is 0 Å². The van der Waals surface area contributed by atoms with Crippen LogP contribution in [-0.2, 0) is 19.4 Å². The van der Waals surface area contributed by atoms with Gasteiger partial charge < -0.3 is 20.1 Å². The molecule has 0 saturated heterocycles. The number of hydrogen-bond donors (Lipinski definition) is 2. The Morgan fingerprint density at radius 1 is 1.37 bits per heavy atom. The second-order valence-corrected chi connectivity index (χ2v) is 6.25. The number of ether oxygens (including phenoxy) is 1. The molecule has 8 nitrogen and oxygen atoms in total. The molecule has 0 aliphatic heterocycles. The smallest absolute Gasteiger partial charge is 0.323 e. The van der Waals surface area contributed by atoms with Gasteiger partial charge in [-0.15, -0.1) is 0 Å². The number of aliphatic carboxylic acids is 1. The van der Waals surface area contributed by atoms with Crippen LogP contribution in [0.3, 0.4) is 0 Å². The number of carbonyl (C=O) groups is 2. The van der Waals surface area contributed by atoms with Gasteiger partial charge in [-0.3, -0.25) is 4.79 Å². The normalized spacial score (nSPS) is 11.1. The first-order valence-electron chi connectivity index (χ1n) is 5.76. The predicted octanol–water partition coefficient (Wildman–Crippen LogP) is -0.836. The van der Waals surface area contributed by atoms with Crippen molar-refractivity contribution in [2.24, 2.45) is 0 Å². The fraction of sp³-hybridized carbons (Fsp3) is 0.800. The summed E-state index contributed by atoms with van der Waals surface area (Å²) >= 11 is 0. The SMILES string of the molecule is CCS(=O)(=O)CCNC(=O)N(CCOC)CC(=O)O. The molecule has 0 saturated carbocycles. The molecule has 0 aliphatic rings. The molecule has 112 valence electrons. The Labute approximate surface area is 112 Å². The summed E-state index contributed by atoms with van der Waals surface area (Å²) in [5.74, 6) is -1.31. The number of carboxylic acid groups (broad SMARTS) is 1. The Kier molecular flexibility index (Phi) is 8.08. The molecule has 9 heteroatoms. The lowest BCUT2D eigenvalue weighted by Crippen LogP contribution is -2.45. The highest BCUT2D eigenvalue weighted by atomic mass is 32.2. The van der Waals surface area contributed by atoms with Crippen LogP contribution >= 0.6 is 0 Å². The molecule has 0 aliphatic carbocycles. The number of urea groups is 1. The van der Waals surface area contributed by atoms with Gasteiger partial charge in [-0.2, -0.15) is 0 Å². The number of amides is 2. The molecule has 0 bridgehead atoms. The zero-order valence-corrected chi connectivity index (χ0v) is 11.9. The Hall–Kier alpha value is -1.35. The number of sulfone groups is 1. The topological polar surface area (TPSA) is 113 Å². The fourth-order valence-electron chi connectivity index (χ4n) is 1.19. The number of carboxylic acids is 1. The van der Waals surface area contributed by atoms with Gasteiger partial charge in [-0.05, 0) is 0 Å². The minimum absolute atomic E-state index is 0.00534. The largest absolute Gasteiger partial charge is 0.480 e. The first kappa shape index (κ1) is 17.6. The van der Waals surface area contributed by atoms with Gasteiger partial charge >= 0.3 is 12.0 Å². The van der Waals surface area contributed by atoms with E-state index in [0.717, 1.165) is 4.90 Å². The molecule has 0 spiro atoms. The number of carbonyl (C=O) groups excluding carboxylic acids is 1. The molecule has 19 heavy (non-hydrogen) atoms. The maximum absolute atomic E-state index is 11.7. The lowest BCUT2D eigenvalue weighted by Gasteiger charge is -2.20. The highest BCUT2D eigenvalue weighted by molar-refractivity contribution is 7.91. The number of methoxy groups -OCH3 is 1. The van der Waals surface area contributed by atoms with Crippen LogP contribution in [-0.4, -0.2) is 75.3 Å². The van der Waals surface area contributed by atoms with Gasteiger partial charge in [0.15, 0.2) is 9.84 Å². The summed E-state index contributed by atoms with van der Waals surface area (Å²) in [7, 11) is -1.72. The molecule has 0 atom stereocenters. The minimum Gasteiger partial charge on any atom is -0.480 e. The number of rotatable bonds is 9. The lowest BCUT2D eigenvalue weighted by atomic mass is 10.5. The van der Waals surface area contributed by atoms with E-state index in [0.29, 0.717) is 0 Å². The molecule has 0 heterocycles. The zero-order valence-electron chi connectivity index (χ0n) is 11.1. The van der Waals surface area contributed by atoms with Crippen molar-refractivity contribution in [3.05, 3.63) is 0 Å². The van der Waals surface area contributed by atoms with E-state index < -0.39 is 28.4 Å². The third-order valence-electron chi connectivity index (χ3n) is 2.31. The first-order valence-corrected chi connectivity index (χ1v) is 7.58. The molecule has 0 aromatic heterocycles. The van der Waals surface area contributed by atoms with E-state index in [2.05, 4.69) is 5.32 Å². The molecule has 0 aromatic rings. The highest BCUT2D eigenvalue weighted by Crippen LogP contribution is 1.92. The summed E-state index contributed by atoms with van der Waals surface area (Å²) in [6.07, 6.45) is 0. The van der Waals surface area contributed by atoms with Gasteiger partial charge in [0.25, 0.3) is 0 Å². The zero-order chi connectivity index (χ0) is 14.9. The van der Waals surface area contributed by atoms with Gasteiger partial charge in [0.2, 0.25) is 0 Å². The summed E-state index contributed by atoms with van der Waals surface area (Å²) in [5, 5.41) is 11.0. The molecule has 0 rings (SSSR count). The van der Waals surface area contributed by atoms with Gasteiger partial charge in [0, 0.05) is 26.0 Å². The van der Waals surface area contributed by atoms with Crippen LogP contribution < -0.4 is 5.32 Å². The van der Waals surface area contributed by atoms with Gasteiger partial charge in [0.05, 0.1) is 12.4 Å². The van der Waals surface area contributed by atoms with Crippen LogP contribution in [0.5, 0.6) is 0 Å². The van der Waals surface area contributed by atoms with E-state index >= 15 is 0 Å². The minimum atomic E-state index is -3.16. The van der Waals surface area contributed by atoms with Crippen LogP contribution in [0.2, 0.25) is 0 Å². The van der Waals surface area contributed by atoms with Crippen molar-refractivity contribution in [2.75, 3.05) is 44.9 Å². The van der Waals surface area contributed by atoms with Crippen molar-refractivity contribution < 1.29 is 27.9 Å². The van der Waals surface area contributed by atoms with Crippen molar-refractivity contribution in [1.29, 1.82) is 0 Å². The maximum Gasteiger partial charge on any atom is 0.323 e. The van der Waals surface area contributed by atoms with Crippen LogP contribution in [0.25, 0.3) is 0 Å². The van der Waals surface area contributed by atoms with E-state index in [-0.39, 0.29) is 31.2 Å². The van der Waals surface area contributed by atoms with E-state index in [1.807, 2.05) is 0 Å². The van der Waals surface area contributed by atoms with Crippen molar-refractivity contribution in [1.82, 2.24) is 10.2 Å². The third kappa shape index (κ3) is 8.38. The summed E-state index contributed by atoms with van der Waals surface area (Å²) < 4.78 is 27.2. The molecule has 0 fully saturated rings. The molecule has 0 unspecified atom stereocenters. The average molecular weight is 296 g/mol. The van der Waals surface area contributed by atoms with Crippen LogP contribution in [0.4, 0.5) is 4.79 Å². The van der Waals surface area contributed by atoms with Crippen molar-refractivity contribution >= 4 is 21.8 Å². The Bertz CT molecular complexity index is 395. The second-order valence-electron chi connectivity index (χ2n) is 3.78. The number of hydrogen-bond acceptors (Lipinski definition) is 5. The molecular formula is C10H20N2O6S. The second kappa shape index (κ2) is 8.70. The monoisotopic (exact) mass is 296 g/mol.